The summed E-state index contributed by atoms with van der Waals surface area (Å²) in [4.78, 5) is 47.4. The molecule has 3 aromatic rings. The molecule has 33 heavy (non-hydrogen) atoms. The molecule has 1 aromatic heterocycles. The van der Waals surface area contributed by atoms with Crippen LogP contribution in [0.5, 0.6) is 11.5 Å². The van der Waals surface area contributed by atoms with Gasteiger partial charge in [0, 0.05) is 25.2 Å². The first-order chi connectivity index (χ1) is 16.1. The molecular formula is C24H23N5O4. The molecule has 0 unspecified atom stereocenters. The van der Waals surface area contributed by atoms with Crippen molar-refractivity contribution >= 4 is 29.3 Å². The van der Waals surface area contributed by atoms with Crippen molar-refractivity contribution in [2.45, 2.75) is 25.2 Å². The molecule has 5 rings (SSSR count). The van der Waals surface area contributed by atoms with E-state index in [0.29, 0.717) is 23.1 Å². The number of rotatable bonds is 5. The Morgan fingerprint density at radius 3 is 2.42 bits per heavy atom. The van der Waals surface area contributed by atoms with Gasteiger partial charge in [0.1, 0.15) is 17.3 Å². The first-order valence-electron chi connectivity index (χ1n) is 10.9. The maximum Gasteiger partial charge on any atom is 0.258 e. The van der Waals surface area contributed by atoms with Crippen LogP contribution < -0.4 is 25.8 Å². The van der Waals surface area contributed by atoms with Gasteiger partial charge in [0.05, 0.1) is 11.5 Å². The zero-order valence-electron chi connectivity index (χ0n) is 17.8. The Labute approximate surface area is 189 Å². The highest BCUT2D eigenvalue weighted by molar-refractivity contribution is 6.04. The summed E-state index contributed by atoms with van der Waals surface area (Å²) in [6.07, 6.45) is 1.92. The number of para-hydroxylation sites is 1. The standard InChI is InChI=1S/C24H23N5O4/c30-19-14-18(20-21(26-19)27-24(28-23(20)32)29-12-4-5-13-29)22(31)25-15-8-10-17(11-9-15)33-16-6-2-1-3-7-16/h1-3,6-11,18H,4-5,12-14H2,(H,25,31)(H2,26,27,28,30,32)/t18-/m0/s1. The van der Waals surface area contributed by atoms with Crippen LogP contribution in [0.4, 0.5) is 17.5 Å². The van der Waals surface area contributed by atoms with E-state index in [9.17, 15) is 14.4 Å². The van der Waals surface area contributed by atoms with E-state index in [1.165, 1.54) is 0 Å². The zero-order valence-corrected chi connectivity index (χ0v) is 17.8. The molecule has 3 heterocycles. The third-order valence-electron chi connectivity index (χ3n) is 5.76. The van der Waals surface area contributed by atoms with Gasteiger partial charge < -0.3 is 20.3 Å². The molecule has 1 atom stereocenters. The molecule has 1 fully saturated rings. The normalized spacial score (nSPS) is 17.3. The highest BCUT2D eigenvalue weighted by Crippen LogP contribution is 2.31. The Morgan fingerprint density at radius 2 is 1.70 bits per heavy atom. The topological polar surface area (TPSA) is 116 Å². The third-order valence-corrected chi connectivity index (χ3v) is 5.76. The summed E-state index contributed by atoms with van der Waals surface area (Å²) in [5, 5.41) is 5.45. The second-order valence-electron chi connectivity index (χ2n) is 8.08. The average Bonchev–Trinajstić information content (AvgIpc) is 3.35. The maximum absolute atomic E-state index is 13.0. The monoisotopic (exact) mass is 445 g/mol. The van der Waals surface area contributed by atoms with E-state index in [0.717, 1.165) is 25.9 Å². The maximum atomic E-state index is 13.0. The van der Waals surface area contributed by atoms with Gasteiger partial charge in [-0.05, 0) is 49.2 Å². The molecule has 2 amide bonds. The number of amides is 2. The molecule has 0 saturated carbocycles. The molecule has 168 valence electrons. The fraction of sp³-hybridized carbons (Fsp3) is 0.250. The highest BCUT2D eigenvalue weighted by Gasteiger charge is 2.35. The highest BCUT2D eigenvalue weighted by atomic mass is 16.5. The quantitative estimate of drug-likeness (QED) is 0.555. The van der Waals surface area contributed by atoms with Crippen LogP contribution in [0, 0.1) is 0 Å². The van der Waals surface area contributed by atoms with Gasteiger partial charge in [-0.2, -0.15) is 4.98 Å². The molecule has 2 aliphatic heterocycles. The van der Waals surface area contributed by atoms with Crippen molar-refractivity contribution in [3.05, 3.63) is 70.5 Å². The van der Waals surface area contributed by atoms with Gasteiger partial charge in [0.15, 0.2) is 0 Å². The predicted octanol–water partition coefficient (Wildman–Crippen LogP) is 3.23. The molecule has 0 aliphatic carbocycles. The van der Waals surface area contributed by atoms with Gasteiger partial charge in [0.25, 0.3) is 5.56 Å². The number of ether oxygens (including phenoxy) is 1. The zero-order chi connectivity index (χ0) is 22.8. The lowest BCUT2D eigenvalue weighted by Crippen LogP contribution is -2.37. The van der Waals surface area contributed by atoms with Crippen LogP contribution in [0.2, 0.25) is 0 Å². The van der Waals surface area contributed by atoms with E-state index < -0.39 is 17.4 Å². The molecule has 1 saturated heterocycles. The van der Waals surface area contributed by atoms with Crippen LogP contribution >= 0.6 is 0 Å². The lowest BCUT2D eigenvalue weighted by atomic mass is 9.92. The summed E-state index contributed by atoms with van der Waals surface area (Å²) in [6.45, 7) is 1.59. The van der Waals surface area contributed by atoms with Crippen LogP contribution in [-0.2, 0) is 9.59 Å². The fourth-order valence-electron chi connectivity index (χ4n) is 4.12. The first kappa shape index (κ1) is 20.7. The number of H-pyrrole nitrogens is 1. The van der Waals surface area contributed by atoms with Crippen LogP contribution in [0.25, 0.3) is 0 Å². The number of carbonyl (C=O) groups is 2. The number of hydrogen-bond donors (Lipinski definition) is 3. The van der Waals surface area contributed by atoms with Gasteiger partial charge in [-0.25, -0.2) is 0 Å². The van der Waals surface area contributed by atoms with Crippen LogP contribution in [0.3, 0.4) is 0 Å². The molecule has 0 spiro atoms. The number of benzene rings is 2. The Balaban J connectivity index is 1.34. The van der Waals surface area contributed by atoms with Crippen molar-refractivity contribution in [3.8, 4) is 11.5 Å². The van der Waals surface area contributed by atoms with Crippen LogP contribution in [-0.4, -0.2) is 34.9 Å². The van der Waals surface area contributed by atoms with Gasteiger partial charge >= 0.3 is 0 Å². The van der Waals surface area contributed by atoms with E-state index in [1.807, 2.05) is 35.2 Å². The number of aromatic amines is 1. The summed E-state index contributed by atoms with van der Waals surface area (Å²) in [7, 11) is 0. The Hall–Kier alpha value is -4.14. The molecular weight excluding hydrogens is 422 g/mol. The summed E-state index contributed by atoms with van der Waals surface area (Å²) >= 11 is 0. The fourth-order valence-corrected chi connectivity index (χ4v) is 4.12. The Morgan fingerprint density at radius 1 is 1.00 bits per heavy atom. The lowest BCUT2D eigenvalue weighted by Gasteiger charge is -2.25. The molecule has 3 N–H and O–H groups in total. The lowest BCUT2D eigenvalue weighted by molar-refractivity contribution is -0.123. The number of nitrogens with zero attached hydrogens (tertiary/aromatic N) is 2. The van der Waals surface area contributed by atoms with E-state index in [4.69, 9.17) is 4.74 Å². The van der Waals surface area contributed by atoms with Gasteiger partial charge in [-0.15, -0.1) is 0 Å². The number of carbonyl (C=O) groups excluding carboxylic acids is 2. The minimum absolute atomic E-state index is 0.123. The third kappa shape index (κ3) is 4.43. The van der Waals surface area contributed by atoms with Gasteiger partial charge in [0.2, 0.25) is 17.8 Å². The number of anilines is 3. The molecule has 0 radical (unpaired) electrons. The van der Waals surface area contributed by atoms with Crippen molar-refractivity contribution in [2.24, 2.45) is 0 Å². The van der Waals surface area contributed by atoms with E-state index in [1.54, 1.807) is 24.3 Å². The number of fused-ring (bicyclic) bond motifs is 1. The molecule has 9 nitrogen and oxygen atoms in total. The second-order valence-corrected chi connectivity index (χ2v) is 8.08. The smallest absolute Gasteiger partial charge is 0.258 e. The second kappa shape index (κ2) is 8.78. The molecule has 2 aliphatic rings. The Kier molecular flexibility index (Phi) is 5.52. The van der Waals surface area contributed by atoms with Crippen molar-refractivity contribution in [2.75, 3.05) is 28.6 Å². The minimum Gasteiger partial charge on any atom is -0.457 e. The van der Waals surface area contributed by atoms with Crippen molar-refractivity contribution in [1.82, 2.24) is 9.97 Å². The summed E-state index contributed by atoms with van der Waals surface area (Å²) in [5.41, 5.74) is 0.304. The Bertz CT molecular complexity index is 1230. The van der Waals surface area contributed by atoms with Crippen LogP contribution in [0.1, 0.15) is 30.7 Å². The summed E-state index contributed by atoms with van der Waals surface area (Å²) in [5.74, 6) is 0.188. The SMILES string of the molecule is O=C1C[C@H](C(=O)Nc2ccc(Oc3ccccc3)cc2)c2c(nc(N3CCCC3)[nH]c2=O)N1. The number of nitrogens with one attached hydrogen (secondary N) is 3. The van der Waals surface area contributed by atoms with Crippen LogP contribution in [0.15, 0.2) is 59.4 Å². The summed E-state index contributed by atoms with van der Waals surface area (Å²) < 4.78 is 5.76. The minimum atomic E-state index is -0.933. The predicted molar refractivity (Wildman–Crippen MR) is 124 cm³/mol. The van der Waals surface area contributed by atoms with Crippen molar-refractivity contribution < 1.29 is 14.3 Å². The van der Waals surface area contributed by atoms with E-state index >= 15 is 0 Å². The largest absolute Gasteiger partial charge is 0.457 e. The van der Waals surface area contributed by atoms with Gasteiger partial charge in [-0.1, -0.05) is 18.2 Å². The number of aromatic nitrogens is 2. The van der Waals surface area contributed by atoms with Crippen molar-refractivity contribution in [3.63, 3.8) is 0 Å². The molecule has 9 heteroatoms. The van der Waals surface area contributed by atoms with E-state index in [2.05, 4.69) is 20.6 Å². The van der Waals surface area contributed by atoms with E-state index in [-0.39, 0.29) is 23.7 Å². The number of hydrogen-bond acceptors (Lipinski definition) is 6. The molecule has 0 bridgehead atoms. The van der Waals surface area contributed by atoms with Gasteiger partial charge in [-0.3, -0.25) is 19.4 Å². The van der Waals surface area contributed by atoms with Crippen molar-refractivity contribution in [1.29, 1.82) is 0 Å². The summed E-state index contributed by atoms with van der Waals surface area (Å²) in [6, 6.07) is 16.3. The first-order valence-corrected chi connectivity index (χ1v) is 10.9. The molecule has 2 aromatic carbocycles. The average molecular weight is 445 g/mol.